The summed E-state index contributed by atoms with van der Waals surface area (Å²) < 4.78 is 10.6. The molecule has 23 heavy (non-hydrogen) atoms. The van der Waals surface area contributed by atoms with E-state index in [1.807, 2.05) is 60.7 Å². The smallest absolute Gasteiger partial charge is 0.123 e. The van der Waals surface area contributed by atoms with Gasteiger partial charge in [0, 0.05) is 11.6 Å². The van der Waals surface area contributed by atoms with Crippen molar-refractivity contribution in [3.8, 4) is 17.2 Å². The third kappa shape index (κ3) is 3.14. The van der Waals surface area contributed by atoms with Crippen LogP contribution in [0.15, 0.2) is 54.6 Å². The van der Waals surface area contributed by atoms with Gasteiger partial charge >= 0.3 is 0 Å². The van der Waals surface area contributed by atoms with Crippen LogP contribution in [0.5, 0.6) is 17.2 Å². The van der Waals surface area contributed by atoms with Crippen molar-refractivity contribution in [2.75, 3.05) is 14.2 Å². The molecule has 0 bridgehead atoms. The van der Waals surface area contributed by atoms with E-state index in [1.54, 1.807) is 20.3 Å². The van der Waals surface area contributed by atoms with Gasteiger partial charge in [0.05, 0.1) is 14.2 Å². The summed E-state index contributed by atoms with van der Waals surface area (Å²) >= 11 is 0. The van der Waals surface area contributed by atoms with Gasteiger partial charge in [-0.2, -0.15) is 0 Å². The van der Waals surface area contributed by atoms with Gasteiger partial charge in [0.25, 0.3) is 0 Å². The van der Waals surface area contributed by atoms with Crippen molar-refractivity contribution in [1.82, 2.24) is 0 Å². The molecule has 116 valence electrons. The van der Waals surface area contributed by atoms with Gasteiger partial charge in [-0.05, 0) is 34.5 Å². The highest BCUT2D eigenvalue weighted by Crippen LogP contribution is 2.30. The minimum absolute atomic E-state index is 0.259. The van der Waals surface area contributed by atoms with Crippen molar-refractivity contribution in [3.05, 3.63) is 65.7 Å². The van der Waals surface area contributed by atoms with Gasteiger partial charge in [0.2, 0.25) is 0 Å². The lowest BCUT2D eigenvalue weighted by Crippen LogP contribution is -1.88. The van der Waals surface area contributed by atoms with E-state index in [9.17, 15) is 5.11 Å². The van der Waals surface area contributed by atoms with Crippen molar-refractivity contribution in [2.24, 2.45) is 0 Å². The van der Waals surface area contributed by atoms with Crippen LogP contribution in [0.2, 0.25) is 0 Å². The molecule has 0 fully saturated rings. The normalized spacial score (nSPS) is 11.0. The van der Waals surface area contributed by atoms with Crippen LogP contribution in [0.1, 0.15) is 11.1 Å². The number of phenols is 1. The number of hydrogen-bond donors (Lipinski definition) is 1. The Hall–Kier alpha value is -2.94. The maximum absolute atomic E-state index is 10.2. The molecule has 0 amide bonds. The Morgan fingerprint density at radius 3 is 2.22 bits per heavy atom. The summed E-state index contributed by atoms with van der Waals surface area (Å²) in [7, 11) is 3.25. The number of ether oxygens (including phenoxy) is 2. The van der Waals surface area contributed by atoms with Crippen LogP contribution in [0.25, 0.3) is 22.9 Å². The van der Waals surface area contributed by atoms with Gasteiger partial charge in [0.1, 0.15) is 17.2 Å². The number of rotatable bonds is 4. The van der Waals surface area contributed by atoms with Crippen LogP contribution >= 0.6 is 0 Å². The summed E-state index contributed by atoms with van der Waals surface area (Å²) in [6, 6.07) is 17.3. The molecule has 0 saturated carbocycles. The molecule has 0 aliphatic heterocycles. The molecular formula is C20H18O3. The zero-order valence-corrected chi connectivity index (χ0v) is 13.1. The quantitative estimate of drug-likeness (QED) is 0.708. The first-order valence-corrected chi connectivity index (χ1v) is 7.33. The average Bonchev–Trinajstić information content (AvgIpc) is 2.60. The number of benzene rings is 3. The summed E-state index contributed by atoms with van der Waals surface area (Å²) in [6.45, 7) is 0. The predicted octanol–water partition coefficient (Wildman–Crippen LogP) is 4.73. The van der Waals surface area contributed by atoms with Gasteiger partial charge in [-0.3, -0.25) is 0 Å². The zero-order chi connectivity index (χ0) is 16.2. The molecule has 0 spiro atoms. The molecule has 0 aliphatic rings. The molecule has 3 aromatic carbocycles. The summed E-state index contributed by atoms with van der Waals surface area (Å²) in [5.41, 5.74) is 1.73. The van der Waals surface area contributed by atoms with Crippen LogP contribution in [0.4, 0.5) is 0 Å². The first-order valence-electron chi connectivity index (χ1n) is 7.33. The Morgan fingerprint density at radius 2 is 1.52 bits per heavy atom. The Morgan fingerprint density at radius 1 is 0.826 bits per heavy atom. The van der Waals surface area contributed by atoms with Crippen molar-refractivity contribution in [1.29, 1.82) is 0 Å². The summed E-state index contributed by atoms with van der Waals surface area (Å²) in [4.78, 5) is 0. The van der Waals surface area contributed by atoms with Gasteiger partial charge in [-0.25, -0.2) is 0 Å². The van der Waals surface area contributed by atoms with Crippen LogP contribution in [-0.2, 0) is 0 Å². The molecule has 0 radical (unpaired) electrons. The number of methoxy groups -OCH3 is 2. The summed E-state index contributed by atoms with van der Waals surface area (Å²) in [5.74, 6) is 1.71. The van der Waals surface area contributed by atoms with Gasteiger partial charge in [-0.15, -0.1) is 0 Å². The van der Waals surface area contributed by atoms with E-state index in [1.165, 1.54) is 0 Å². The second kappa shape index (κ2) is 6.44. The number of aromatic hydroxyl groups is 1. The molecule has 0 aromatic heterocycles. The highest BCUT2D eigenvalue weighted by molar-refractivity contribution is 5.95. The van der Waals surface area contributed by atoms with Crippen LogP contribution < -0.4 is 9.47 Å². The molecule has 1 N–H and O–H groups in total. The van der Waals surface area contributed by atoms with Crippen molar-refractivity contribution in [2.45, 2.75) is 0 Å². The Balaban J connectivity index is 2.05. The standard InChI is InChI=1S/C20H18O3/c1-22-16-11-14(12-17(13-16)23-2)7-9-19-18-6-4-3-5-15(18)8-10-20(19)21/h3-13,21H,1-2H3/b9-7+. The SMILES string of the molecule is COc1cc(/C=C/c2c(O)ccc3ccccc23)cc(OC)c1. The number of phenolic OH excluding ortho intramolecular Hbond substituents is 1. The first-order chi connectivity index (χ1) is 11.2. The number of hydrogen-bond acceptors (Lipinski definition) is 3. The van der Waals surface area contributed by atoms with Crippen molar-refractivity contribution in [3.63, 3.8) is 0 Å². The molecule has 0 aliphatic carbocycles. The highest BCUT2D eigenvalue weighted by Gasteiger charge is 2.04. The Kier molecular flexibility index (Phi) is 4.20. The lowest BCUT2D eigenvalue weighted by atomic mass is 10.0. The molecule has 0 atom stereocenters. The lowest BCUT2D eigenvalue weighted by Gasteiger charge is -2.07. The summed E-state index contributed by atoms with van der Waals surface area (Å²) in [6.07, 6.45) is 3.85. The maximum Gasteiger partial charge on any atom is 0.123 e. The first kappa shape index (κ1) is 15.0. The van der Waals surface area contributed by atoms with E-state index in [2.05, 4.69) is 0 Å². The van der Waals surface area contributed by atoms with Crippen LogP contribution in [-0.4, -0.2) is 19.3 Å². The third-order valence-corrected chi connectivity index (χ3v) is 3.76. The highest BCUT2D eigenvalue weighted by atomic mass is 16.5. The minimum Gasteiger partial charge on any atom is -0.507 e. The van der Waals surface area contributed by atoms with Gasteiger partial charge < -0.3 is 14.6 Å². The molecule has 0 unspecified atom stereocenters. The van der Waals surface area contributed by atoms with E-state index in [0.717, 1.165) is 33.4 Å². The van der Waals surface area contributed by atoms with Crippen molar-refractivity contribution >= 4 is 22.9 Å². The molecule has 3 heteroatoms. The fourth-order valence-electron chi connectivity index (χ4n) is 2.56. The fourth-order valence-corrected chi connectivity index (χ4v) is 2.56. The monoisotopic (exact) mass is 306 g/mol. The molecule has 0 saturated heterocycles. The minimum atomic E-state index is 0.259. The second-order valence-electron chi connectivity index (χ2n) is 5.20. The van der Waals surface area contributed by atoms with Gasteiger partial charge in [0.15, 0.2) is 0 Å². The average molecular weight is 306 g/mol. The van der Waals surface area contributed by atoms with Crippen LogP contribution in [0, 0.1) is 0 Å². The molecule has 0 heterocycles. The van der Waals surface area contributed by atoms with E-state index in [-0.39, 0.29) is 5.75 Å². The predicted molar refractivity (Wildman–Crippen MR) is 94.1 cm³/mol. The van der Waals surface area contributed by atoms with Crippen LogP contribution in [0.3, 0.4) is 0 Å². The Labute approximate surface area is 135 Å². The molecule has 3 aromatic rings. The fraction of sp³-hybridized carbons (Fsp3) is 0.100. The van der Waals surface area contributed by atoms with E-state index in [4.69, 9.17) is 9.47 Å². The lowest BCUT2D eigenvalue weighted by molar-refractivity contribution is 0.394. The third-order valence-electron chi connectivity index (χ3n) is 3.76. The van der Waals surface area contributed by atoms with Gasteiger partial charge in [-0.1, -0.05) is 42.5 Å². The molecule has 3 nitrogen and oxygen atoms in total. The second-order valence-corrected chi connectivity index (χ2v) is 5.20. The molecular weight excluding hydrogens is 288 g/mol. The largest absolute Gasteiger partial charge is 0.507 e. The Bertz CT molecular complexity index is 844. The van der Waals surface area contributed by atoms with Crippen molar-refractivity contribution < 1.29 is 14.6 Å². The number of fused-ring (bicyclic) bond motifs is 1. The van der Waals surface area contributed by atoms with E-state index < -0.39 is 0 Å². The molecule has 3 rings (SSSR count). The maximum atomic E-state index is 10.2. The topological polar surface area (TPSA) is 38.7 Å². The summed E-state index contributed by atoms with van der Waals surface area (Å²) in [5, 5.41) is 12.3. The van der Waals surface area contributed by atoms with E-state index in [0.29, 0.717) is 0 Å². The zero-order valence-electron chi connectivity index (χ0n) is 13.1. The van der Waals surface area contributed by atoms with E-state index >= 15 is 0 Å².